The molecule has 0 atom stereocenters. The fourth-order valence-corrected chi connectivity index (χ4v) is 2.66. The van der Waals surface area contributed by atoms with E-state index in [1.165, 1.54) is 10.9 Å². The molecule has 0 saturated carbocycles. The molecule has 2 rings (SSSR count). The monoisotopic (exact) mass is 335 g/mol. The first-order valence-electron chi connectivity index (χ1n) is 4.51. The molecule has 0 spiro atoms. The minimum Gasteiger partial charge on any atom is -0.236 e. The van der Waals surface area contributed by atoms with E-state index in [4.69, 9.17) is 10.7 Å². The summed E-state index contributed by atoms with van der Waals surface area (Å²) in [4.78, 5) is 4.11. The highest BCUT2D eigenvalue weighted by atomic mass is 79.9. The van der Waals surface area contributed by atoms with Crippen molar-refractivity contribution >= 4 is 35.7 Å². The lowest BCUT2D eigenvalue weighted by Gasteiger charge is -2.03. The SMILES string of the molecule is Cc1c(S(=O)(=O)Cl)cnn1-c1ccc(Br)cn1. The van der Waals surface area contributed by atoms with Crippen molar-refractivity contribution in [3.63, 3.8) is 0 Å². The molecule has 2 aromatic rings. The van der Waals surface area contributed by atoms with Crippen molar-refractivity contribution in [1.82, 2.24) is 14.8 Å². The van der Waals surface area contributed by atoms with Crippen molar-refractivity contribution in [2.45, 2.75) is 11.8 Å². The van der Waals surface area contributed by atoms with Crippen molar-refractivity contribution in [3.05, 3.63) is 34.7 Å². The van der Waals surface area contributed by atoms with E-state index in [1.54, 1.807) is 25.3 Å². The number of halogens is 2. The fraction of sp³-hybridized carbons (Fsp3) is 0.111. The van der Waals surface area contributed by atoms with E-state index in [0.29, 0.717) is 11.5 Å². The first-order valence-corrected chi connectivity index (χ1v) is 7.61. The molecule has 0 aliphatic rings. The summed E-state index contributed by atoms with van der Waals surface area (Å²) in [5.74, 6) is 0.525. The van der Waals surface area contributed by atoms with E-state index in [1.807, 2.05) is 0 Å². The molecule has 0 amide bonds. The molecule has 8 heteroatoms. The van der Waals surface area contributed by atoms with Gasteiger partial charge in [0.15, 0.2) is 5.82 Å². The molecule has 17 heavy (non-hydrogen) atoms. The third-order valence-corrected chi connectivity index (χ3v) is 4.05. The molecule has 5 nitrogen and oxygen atoms in total. The van der Waals surface area contributed by atoms with E-state index < -0.39 is 9.05 Å². The third kappa shape index (κ3) is 2.51. The quantitative estimate of drug-likeness (QED) is 0.789. The zero-order valence-electron chi connectivity index (χ0n) is 8.63. The van der Waals surface area contributed by atoms with Gasteiger partial charge < -0.3 is 0 Å². The van der Waals surface area contributed by atoms with Gasteiger partial charge in [-0.25, -0.2) is 18.1 Å². The largest absolute Gasteiger partial charge is 0.264 e. The van der Waals surface area contributed by atoms with Gasteiger partial charge in [0.05, 0.1) is 11.9 Å². The van der Waals surface area contributed by atoms with Gasteiger partial charge in [-0.3, -0.25) is 0 Å². The average Bonchev–Trinajstić information content (AvgIpc) is 2.61. The van der Waals surface area contributed by atoms with Crippen molar-refractivity contribution in [2.75, 3.05) is 0 Å². The molecular weight excluding hydrogens is 330 g/mol. The van der Waals surface area contributed by atoms with E-state index in [2.05, 4.69) is 26.0 Å². The highest BCUT2D eigenvalue weighted by Crippen LogP contribution is 2.21. The Morgan fingerprint density at radius 2 is 2.06 bits per heavy atom. The second-order valence-electron chi connectivity index (χ2n) is 3.28. The summed E-state index contributed by atoms with van der Waals surface area (Å²) < 4.78 is 24.7. The molecule has 0 saturated heterocycles. The molecule has 2 heterocycles. The summed E-state index contributed by atoms with van der Waals surface area (Å²) >= 11 is 3.26. The van der Waals surface area contributed by atoms with Crippen molar-refractivity contribution in [3.8, 4) is 5.82 Å². The van der Waals surface area contributed by atoms with Gasteiger partial charge in [-0.2, -0.15) is 5.10 Å². The first-order chi connectivity index (χ1) is 7.89. The Morgan fingerprint density at radius 1 is 1.35 bits per heavy atom. The Balaban J connectivity index is 2.55. The standard InChI is InChI=1S/C9H7BrClN3O2S/c1-6-8(17(11,15)16)5-13-14(6)9-3-2-7(10)4-12-9/h2-5H,1H3. The Labute approximate surface area is 111 Å². The Bertz CT molecular complexity index is 651. The summed E-state index contributed by atoms with van der Waals surface area (Å²) in [5, 5.41) is 3.96. The van der Waals surface area contributed by atoms with E-state index in [9.17, 15) is 8.42 Å². The number of aromatic nitrogens is 3. The highest BCUT2D eigenvalue weighted by molar-refractivity contribution is 9.10. The molecule has 90 valence electrons. The highest BCUT2D eigenvalue weighted by Gasteiger charge is 2.19. The maximum Gasteiger partial charge on any atom is 0.264 e. The Hall–Kier alpha value is -0.920. The molecule has 0 aromatic carbocycles. The lowest BCUT2D eigenvalue weighted by Crippen LogP contribution is -2.02. The van der Waals surface area contributed by atoms with Crippen LogP contribution in [-0.4, -0.2) is 23.2 Å². The van der Waals surface area contributed by atoms with Gasteiger partial charge in [0.1, 0.15) is 4.90 Å². The molecule has 0 radical (unpaired) electrons. The summed E-state index contributed by atoms with van der Waals surface area (Å²) in [6.07, 6.45) is 2.81. The van der Waals surface area contributed by atoms with E-state index in [0.717, 1.165) is 4.47 Å². The minimum atomic E-state index is -3.78. The number of nitrogens with zero attached hydrogens (tertiary/aromatic N) is 3. The maximum absolute atomic E-state index is 11.2. The molecular formula is C9H7BrClN3O2S. The average molecular weight is 337 g/mol. The summed E-state index contributed by atoms with van der Waals surface area (Å²) in [7, 11) is 1.50. The predicted molar refractivity (Wildman–Crippen MR) is 66.8 cm³/mol. The van der Waals surface area contributed by atoms with Gasteiger partial charge >= 0.3 is 0 Å². The first kappa shape index (κ1) is 12.5. The maximum atomic E-state index is 11.2. The summed E-state index contributed by atoms with van der Waals surface area (Å²) in [5.41, 5.74) is 0.426. The number of rotatable bonds is 2. The van der Waals surface area contributed by atoms with Crippen LogP contribution in [0.2, 0.25) is 0 Å². The molecule has 0 N–H and O–H groups in total. The minimum absolute atomic E-state index is 0.0103. The number of hydrogen-bond donors (Lipinski definition) is 0. The zero-order valence-corrected chi connectivity index (χ0v) is 11.8. The van der Waals surface area contributed by atoms with Gasteiger partial charge in [0.25, 0.3) is 9.05 Å². The van der Waals surface area contributed by atoms with Crippen LogP contribution < -0.4 is 0 Å². The lowest BCUT2D eigenvalue weighted by molar-refractivity contribution is 0.609. The van der Waals surface area contributed by atoms with Crippen LogP contribution in [0.3, 0.4) is 0 Å². The van der Waals surface area contributed by atoms with Crippen LogP contribution in [-0.2, 0) is 9.05 Å². The van der Waals surface area contributed by atoms with Crippen LogP contribution in [0.1, 0.15) is 5.69 Å². The van der Waals surface area contributed by atoms with Crippen LogP contribution in [0, 0.1) is 6.92 Å². The predicted octanol–water partition coefficient (Wildman–Crippen LogP) is 2.27. The van der Waals surface area contributed by atoms with Crippen LogP contribution in [0.25, 0.3) is 5.82 Å². The van der Waals surface area contributed by atoms with Crippen LogP contribution in [0.4, 0.5) is 0 Å². The van der Waals surface area contributed by atoms with Crippen LogP contribution in [0.5, 0.6) is 0 Å². The smallest absolute Gasteiger partial charge is 0.236 e. The van der Waals surface area contributed by atoms with Gasteiger partial charge in [-0.05, 0) is 35.0 Å². The molecule has 2 aromatic heterocycles. The fourth-order valence-electron chi connectivity index (χ4n) is 1.36. The van der Waals surface area contributed by atoms with Crippen molar-refractivity contribution in [1.29, 1.82) is 0 Å². The molecule has 0 bridgehead atoms. The molecule has 0 aliphatic carbocycles. The van der Waals surface area contributed by atoms with Crippen molar-refractivity contribution in [2.24, 2.45) is 0 Å². The third-order valence-electron chi connectivity index (χ3n) is 2.16. The Morgan fingerprint density at radius 3 is 2.53 bits per heavy atom. The zero-order chi connectivity index (χ0) is 12.6. The molecule has 0 aliphatic heterocycles. The normalized spacial score (nSPS) is 11.7. The van der Waals surface area contributed by atoms with Gasteiger partial charge in [-0.1, -0.05) is 0 Å². The Kier molecular flexibility index (Phi) is 3.24. The van der Waals surface area contributed by atoms with E-state index >= 15 is 0 Å². The number of hydrogen-bond acceptors (Lipinski definition) is 4. The van der Waals surface area contributed by atoms with Crippen LogP contribution >= 0.6 is 26.6 Å². The molecule has 0 fully saturated rings. The van der Waals surface area contributed by atoms with Gasteiger partial charge in [-0.15, -0.1) is 0 Å². The number of pyridine rings is 1. The second kappa shape index (κ2) is 4.40. The van der Waals surface area contributed by atoms with E-state index in [-0.39, 0.29) is 4.90 Å². The second-order valence-corrected chi connectivity index (χ2v) is 6.73. The lowest BCUT2D eigenvalue weighted by atomic mass is 10.4. The van der Waals surface area contributed by atoms with Crippen molar-refractivity contribution < 1.29 is 8.42 Å². The summed E-state index contributed by atoms with van der Waals surface area (Å²) in [6.45, 7) is 1.62. The van der Waals surface area contributed by atoms with Gasteiger partial charge in [0.2, 0.25) is 0 Å². The molecule has 0 unspecified atom stereocenters. The van der Waals surface area contributed by atoms with Crippen LogP contribution in [0.15, 0.2) is 33.9 Å². The topological polar surface area (TPSA) is 64.8 Å². The van der Waals surface area contributed by atoms with Gasteiger partial charge in [0, 0.05) is 21.4 Å². The summed E-state index contributed by atoms with van der Waals surface area (Å²) in [6, 6.07) is 3.51.